The average Bonchev–Trinajstić information content (AvgIpc) is 2.37. The molecule has 4 nitrogen and oxygen atoms in total. The van der Waals surface area contributed by atoms with E-state index in [1.807, 2.05) is 13.8 Å². The van der Waals surface area contributed by atoms with Crippen molar-refractivity contribution >= 4 is 5.91 Å². The Morgan fingerprint density at radius 3 is 3.00 bits per heavy atom. The smallest absolute Gasteiger partial charge is 0.226 e. The average molecular weight is 168 g/mol. The van der Waals surface area contributed by atoms with Gasteiger partial charge in [0.05, 0.1) is 12.1 Å². The van der Waals surface area contributed by atoms with Gasteiger partial charge in [-0.05, 0) is 13.8 Å². The maximum absolute atomic E-state index is 11.1. The van der Waals surface area contributed by atoms with Crippen molar-refractivity contribution in [3.8, 4) is 0 Å². The fourth-order valence-corrected chi connectivity index (χ4v) is 0.862. The van der Waals surface area contributed by atoms with Gasteiger partial charge in [0.2, 0.25) is 5.91 Å². The Kier molecular flexibility index (Phi) is 2.85. The maximum Gasteiger partial charge on any atom is 0.226 e. The molecule has 0 radical (unpaired) electrons. The first kappa shape index (κ1) is 8.77. The number of rotatable bonds is 3. The van der Waals surface area contributed by atoms with Crippen LogP contribution in [0.15, 0.2) is 17.1 Å². The summed E-state index contributed by atoms with van der Waals surface area (Å²) >= 11 is 0. The van der Waals surface area contributed by atoms with Crippen molar-refractivity contribution in [1.82, 2.24) is 10.3 Å². The number of nitrogens with zero attached hydrogens (tertiary/aromatic N) is 1. The Morgan fingerprint density at radius 1 is 1.75 bits per heavy atom. The monoisotopic (exact) mass is 168 g/mol. The highest BCUT2D eigenvalue weighted by molar-refractivity contribution is 5.78. The van der Waals surface area contributed by atoms with Crippen LogP contribution in [0, 0.1) is 0 Å². The molecule has 1 rings (SSSR count). The van der Waals surface area contributed by atoms with E-state index in [1.165, 1.54) is 12.7 Å². The van der Waals surface area contributed by atoms with E-state index < -0.39 is 0 Å². The Hall–Kier alpha value is -1.32. The van der Waals surface area contributed by atoms with E-state index in [4.69, 9.17) is 4.42 Å². The molecular formula is C8H12N2O2. The van der Waals surface area contributed by atoms with E-state index in [-0.39, 0.29) is 18.4 Å². The van der Waals surface area contributed by atoms with Crippen molar-refractivity contribution in [2.45, 2.75) is 26.3 Å². The van der Waals surface area contributed by atoms with Crippen LogP contribution in [0.3, 0.4) is 0 Å². The summed E-state index contributed by atoms with van der Waals surface area (Å²) in [6.07, 6.45) is 3.08. The lowest BCUT2D eigenvalue weighted by Crippen LogP contribution is -2.31. The third-order valence-electron chi connectivity index (χ3n) is 1.27. The van der Waals surface area contributed by atoms with Crippen LogP contribution in [-0.2, 0) is 11.2 Å². The molecule has 0 bridgehead atoms. The summed E-state index contributed by atoms with van der Waals surface area (Å²) in [5, 5.41) is 2.76. The number of hydrogen-bond donors (Lipinski definition) is 1. The molecule has 0 unspecified atom stereocenters. The molecule has 4 heteroatoms. The lowest BCUT2D eigenvalue weighted by molar-refractivity contribution is -0.120. The van der Waals surface area contributed by atoms with Crippen LogP contribution in [0.4, 0.5) is 0 Å². The first-order chi connectivity index (χ1) is 5.68. The minimum atomic E-state index is -0.0288. The first-order valence-corrected chi connectivity index (χ1v) is 3.85. The molecule has 0 aromatic carbocycles. The van der Waals surface area contributed by atoms with E-state index in [1.54, 1.807) is 0 Å². The number of carbonyl (C=O) groups excluding carboxylic acids is 1. The predicted molar refractivity (Wildman–Crippen MR) is 43.5 cm³/mol. The zero-order valence-corrected chi connectivity index (χ0v) is 7.20. The Morgan fingerprint density at radius 2 is 2.50 bits per heavy atom. The van der Waals surface area contributed by atoms with Crippen LogP contribution in [0.25, 0.3) is 0 Å². The minimum absolute atomic E-state index is 0.0288. The molecule has 0 spiro atoms. The van der Waals surface area contributed by atoms with Gasteiger partial charge >= 0.3 is 0 Å². The van der Waals surface area contributed by atoms with Crippen LogP contribution >= 0.6 is 0 Å². The summed E-state index contributed by atoms with van der Waals surface area (Å²) in [6, 6.07) is 0.171. The van der Waals surface area contributed by atoms with E-state index in [9.17, 15) is 4.79 Å². The van der Waals surface area contributed by atoms with Gasteiger partial charge in [0, 0.05) is 6.04 Å². The molecule has 0 fully saturated rings. The lowest BCUT2D eigenvalue weighted by Gasteiger charge is -2.05. The van der Waals surface area contributed by atoms with Crippen LogP contribution in [0.2, 0.25) is 0 Å². The van der Waals surface area contributed by atoms with Crippen LogP contribution in [0.1, 0.15) is 19.5 Å². The molecule has 1 amide bonds. The molecule has 1 aromatic heterocycles. The quantitative estimate of drug-likeness (QED) is 0.724. The van der Waals surface area contributed by atoms with Crippen molar-refractivity contribution in [3.63, 3.8) is 0 Å². The molecule has 12 heavy (non-hydrogen) atoms. The van der Waals surface area contributed by atoms with Gasteiger partial charge in [-0.2, -0.15) is 0 Å². The van der Waals surface area contributed by atoms with Crippen LogP contribution in [0.5, 0.6) is 0 Å². The minimum Gasteiger partial charge on any atom is -0.451 e. The van der Waals surface area contributed by atoms with Crippen molar-refractivity contribution < 1.29 is 9.21 Å². The fraction of sp³-hybridized carbons (Fsp3) is 0.500. The molecule has 0 saturated heterocycles. The Balaban J connectivity index is 2.37. The second kappa shape index (κ2) is 3.90. The topological polar surface area (TPSA) is 55.1 Å². The molecule has 0 saturated carbocycles. The highest BCUT2D eigenvalue weighted by Gasteiger charge is 2.05. The summed E-state index contributed by atoms with van der Waals surface area (Å²) in [5.74, 6) is -0.0288. The van der Waals surface area contributed by atoms with Crippen molar-refractivity contribution in [3.05, 3.63) is 18.4 Å². The molecule has 0 atom stereocenters. The number of aromatic nitrogens is 1. The Bertz CT molecular complexity index is 242. The van der Waals surface area contributed by atoms with Crippen LogP contribution < -0.4 is 5.32 Å². The molecule has 66 valence electrons. The van der Waals surface area contributed by atoms with Crippen LogP contribution in [-0.4, -0.2) is 16.9 Å². The molecule has 0 aliphatic carbocycles. The highest BCUT2D eigenvalue weighted by atomic mass is 16.3. The predicted octanol–water partition coefficient (Wildman–Crippen LogP) is 0.742. The van der Waals surface area contributed by atoms with Gasteiger partial charge in [-0.15, -0.1) is 0 Å². The molecule has 1 aromatic rings. The molecule has 0 aliphatic rings. The first-order valence-electron chi connectivity index (χ1n) is 3.85. The van der Waals surface area contributed by atoms with E-state index in [2.05, 4.69) is 10.3 Å². The van der Waals surface area contributed by atoms with Gasteiger partial charge in [-0.1, -0.05) is 0 Å². The zero-order valence-electron chi connectivity index (χ0n) is 7.20. The van der Waals surface area contributed by atoms with E-state index >= 15 is 0 Å². The molecule has 1 heterocycles. The second-order valence-electron chi connectivity index (χ2n) is 2.88. The normalized spacial score (nSPS) is 10.2. The van der Waals surface area contributed by atoms with Gasteiger partial charge in [-0.25, -0.2) is 4.98 Å². The van der Waals surface area contributed by atoms with Crippen molar-refractivity contribution in [2.24, 2.45) is 0 Å². The van der Waals surface area contributed by atoms with Gasteiger partial charge in [0.1, 0.15) is 6.26 Å². The maximum atomic E-state index is 11.1. The third-order valence-corrected chi connectivity index (χ3v) is 1.27. The fourth-order valence-electron chi connectivity index (χ4n) is 0.862. The van der Waals surface area contributed by atoms with E-state index in [0.717, 1.165) is 0 Å². The standard InChI is InChI=1S/C8H12N2O2/c1-6(2)10-8(11)3-7-4-12-5-9-7/h4-6H,3H2,1-2H3,(H,10,11). The third kappa shape index (κ3) is 2.74. The number of nitrogens with one attached hydrogen (secondary N) is 1. The number of oxazole rings is 1. The van der Waals surface area contributed by atoms with Gasteiger partial charge in [0.15, 0.2) is 6.39 Å². The van der Waals surface area contributed by atoms with Gasteiger partial charge < -0.3 is 9.73 Å². The van der Waals surface area contributed by atoms with Crippen molar-refractivity contribution in [2.75, 3.05) is 0 Å². The summed E-state index contributed by atoms with van der Waals surface area (Å²) in [4.78, 5) is 15.0. The lowest BCUT2D eigenvalue weighted by atomic mass is 10.3. The number of hydrogen-bond acceptors (Lipinski definition) is 3. The highest BCUT2D eigenvalue weighted by Crippen LogP contribution is 1.95. The van der Waals surface area contributed by atoms with Gasteiger partial charge in [-0.3, -0.25) is 4.79 Å². The summed E-state index contributed by atoms with van der Waals surface area (Å²) in [5.41, 5.74) is 0.660. The van der Waals surface area contributed by atoms with Gasteiger partial charge in [0.25, 0.3) is 0 Å². The SMILES string of the molecule is CC(C)NC(=O)Cc1cocn1. The molecule has 1 N–H and O–H groups in total. The number of amides is 1. The summed E-state index contributed by atoms with van der Waals surface area (Å²) in [7, 11) is 0. The molecule has 0 aliphatic heterocycles. The largest absolute Gasteiger partial charge is 0.451 e. The summed E-state index contributed by atoms with van der Waals surface area (Å²) < 4.78 is 4.73. The summed E-state index contributed by atoms with van der Waals surface area (Å²) in [6.45, 7) is 3.83. The zero-order chi connectivity index (χ0) is 8.97. The number of carbonyl (C=O) groups is 1. The second-order valence-corrected chi connectivity index (χ2v) is 2.88. The van der Waals surface area contributed by atoms with Crippen molar-refractivity contribution in [1.29, 1.82) is 0 Å². The molecular weight excluding hydrogens is 156 g/mol. The van der Waals surface area contributed by atoms with E-state index in [0.29, 0.717) is 5.69 Å². The Labute approximate surface area is 71.0 Å².